The van der Waals surface area contributed by atoms with Crippen LogP contribution in [0.5, 0.6) is 0 Å². The topological polar surface area (TPSA) is 67.4 Å². The minimum Gasteiger partial charge on any atom is -0.378 e. The van der Waals surface area contributed by atoms with Gasteiger partial charge in [0.1, 0.15) is 0 Å². The molecular weight excluding hydrogens is 352 g/mol. The molecule has 0 aliphatic rings. The van der Waals surface area contributed by atoms with Gasteiger partial charge in [-0.05, 0) is 36.8 Å². The first-order valence-electron chi connectivity index (χ1n) is 10.3. The number of allylic oxidation sites excluding steroid dienone is 1. The fourth-order valence-electron chi connectivity index (χ4n) is 2.76. The largest absolute Gasteiger partial charge is 0.378 e. The maximum atomic E-state index is 12.3. The summed E-state index contributed by atoms with van der Waals surface area (Å²) in [6.07, 6.45) is 6.23. The number of rotatable bonds is 13. The predicted molar refractivity (Wildman–Crippen MR) is 114 cm³/mol. The van der Waals surface area contributed by atoms with E-state index in [0.717, 1.165) is 18.4 Å². The predicted octanol–water partition coefficient (Wildman–Crippen LogP) is 3.59. The van der Waals surface area contributed by atoms with Crippen LogP contribution in [0.25, 0.3) is 0 Å². The zero-order chi connectivity index (χ0) is 20.8. The number of hydrogen-bond donors (Lipinski definition) is 2. The zero-order valence-electron chi connectivity index (χ0n) is 17.8. The zero-order valence-corrected chi connectivity index (χ0v) is 17.8. The van der Waals surface area contributed by atoms with Crippen LogP contribution in [0.15, 0.2) is 36.4 Å². The number of hydrogen-bond acceptors (Lipinski definition) is 3. The molecule has 0 aromatic heterocycles. The van der Waals surface area contributed by atoms with Crippen LogP contribution in [0.2, 0.25) is 0 Å². The van der Waals surface area contributed by atoms with E-state index in [1.165, 1.54) is 5.56 Å². The molecule has 0 radical (unpaired) electrons. The molecule has 0 fully saturated rings. The van der Waals surface area contributed by atoms with Crippen LogP contribution in [-0.4, -0.2) is 38.1 Å². The molecule has 0 saturated heterocycles. The molecule has 156 valence electrons. The third kappa shape index (κ3) is 10.3. The average Bonchev–Trinajstić information content (AvgIpc) is 2.67. The number of benzene rings is 1. The van der Waals surface area contributed by atoms with Crippen LogP contribution in [0.1, 0.15) is 57.6 Å². The fourth-order valence-corrected chi connectivity index (χ4v) is 2.76. The molecular formula is C23H36N2O3. The molecule has 0 spiro atoms. The summed E-state index contributed by atoms with van der Waals surface area (Å²) in [5.74, 6) is 0.424. The first-order chi connectivity index (χ1) is 13.4. The number of carbonyl (C=O) groups is 2. The highest BCUT2D eigenvalue weighted by Gasteiger charge is 2.14. The van der Waals surface area contributed by atoms with E-state index in [1.54, 1.807) is 0 Å². The van der Waals surface area contributed by atoms with Crippen LogP contribution in [0.4, 0.5) is 0 Å². The Morgan fingerprint density at radius 2 is 1.64 bits per heavy atom. The van der Waals surface area contributed by atoms with Gasteiger partial charge in [0.2, 0.25) is 11.8 Å². The second-order valence-electron chi connectivity index (χ2n) is 7.40. The summed E-state index contributed by atoms with van der Waals surface area (Å²) in [5, 5.41) is 5.70. The maximum absolute atomic E-state index is 12.3. The summed E-state index contributed by atoms with van der Waals surface area (Å²) in [7, 11) is 0. The highest BCUT2D eigenvalue weighted by atomic mass is 16.5. The van der Waals surface area contributed by atoms with Crippen molar-refractivity contribution in [2.24, 2.45) is 5.92 Å². The minimum absolute atomic E-state index is 0.00350. The van der Waals surface area contributed by atoms with E-state index in [-0.39, 0.29) is 17.7 Å². The van der Waals surface area contributed by atoms with Gasteiger partial charge in [0.15, 0.2) is 0 Å². The molecule has 1 atom stereocenters. The van der Waals surface area contributed by atoms with Gasteiger partial charge in [0.05, 0.1) is 19.1 Å². The van der Waals surface area contributed by atoms with Crippen LogP contribution >= 0.6 is 0 Å². The Hall–Kier alpha value is -2.14. The van der Waals surface area contributed by atoms with Crippen molar-refractivity contribution < 1.29 is 14.3 Å². The van der Waals surface area contributed by atoms with E-state index in [4.69, 9.17) is 4.74 Å². The molecule has 1 unspecified atom stereocenters. The Labute approximate surface area is 169 Å². The van der Waals surface area contributed by atoms with Crippen molar-refractivity contribution in [2.45, 2.75) is 52.9 Å². The normalized spacial score (nSPS) is 12.3. The Bertz CT molecular complexity index is 609. The molecule has 5 nitrogen and oxygen atoms in total. The van der Waals surface area contributed by atoms with Crippen molar-refractivity contribution in [1.29, 1.82) is 0 Å². The van der Waals surface area contributed by atoms with Gasteiger partial charge in [-0.1, -0.05) is 57.2 Å². The Morgan fingerprint density at radius 1 is 1.00 bits per heavy atom. The van der Waals surface area contributed by atoms with Gasteiger partial charge in [0.25, 0.3) is 0 Å². The van der Waals surface area contributed by atoms with Crippen LogP contribution in [0, 0.1) is 5.92 Å². The standard InChI is InChI=1S/C23H36N2O3/c1-5-6-7-8-22(26)24-13-15-28-16-14-25-23(27)19(4)21-11-9-20(10-12-21)17-18(2)3/h6-7,9-12,18-19H,5,8,13-17H2,1-4H3,(H,24,26)(H,25,27)/b7-6-. The van der Waals surface area contributed by atoms with Crippen LogP contribution in [-0.2, 0) is 20.7 Å². The van der Waals surface area contributed by atoms with Gasteiger partial charge in [-0.3, -0.25) is 9.59 Å². The Kier molecular flexibility index (Phi) is 11.9. The smallest absolute Gasteiger partial charge is 0.227 e. The highest BCUT2D eigenvalue weighted by molar-refractivity contribution is 5.83. The van der Waals surface area contributed by atoms with E-state index in [1.807, 2.05) is 38.1 Å². The average molecular weight is 389 g/mol. The lowest BCUT2D eigenvalue weighted by Gasteiger charge is -2.14. The second-order valence-corrected chi connectivity index (χ2v) is 7.40. The van der Waals surface area contributed by atoms with E-state index in [0.29, 0.717) is 38.6 Å². The number of nitrogens with one attached hydrogen (secondary N) is 2. The molecule has 1 aromatic carbocycles. The maximum Gasteiger partial charge on any atom is 0.227 e. The van der Waals surface area contributed by atoms with Gasteiger partial charge < -0.3 is 15.4 Å². The highest BCUT2D eigenvalue weighted by Crippen LogP contribution is 2.17. The van der Waals surface area contributed by atoms with Gasteiger partial charge in [-0.25, -0.2) is 0 Å². The number of ether oxygens (including phenoxy) is 1. The number of carbonyl (C=O) groups excluding carboxylic acids is 2. The Balaban J connectivity index is 2.17. The van der Waals surface area contributed by atoms with Gasteiger partial charge in [-0.2, -0.15) is 0 Å². The molecule has 1 aromatic rings. The van der Waals surface area contributed by atoms with Crippen molar-refractivity contribution in [1.82, 2.24) is 10.6 Å². The van der Waals surface area contributed by atoms with E-state index >= 15 is 0 Å². The fraction of sp³-hybridized carbons (Fsp3) is 0.565. The van der Waals surface area contributed by atoms with E-state index in [9.17, 15) is 9.59 Å². The second kappa shape index (κ2) is 13.9. The SMILES string of the molecule is CC/C=C\CC(=O)NCCOCCNC(=O)C(C)c1ccc(CC(C)C)cc1. The summed E-state index contributed by atoms with van der Waals surface area (Å²) in [6, 6.07) is 8.29. The molecule has 2 N–H and O–H groups in total. The monoisotopic (exact) mass is 388 g/mol. The first-order valence-corrected chi connectivity index (χ1v) is 10.3. The molecule has 0 aliphatic heterocycles. The van der Waals surface area contributed by atoms with Crippen molar-refractivity contribution in [3.05, 3.63) is 47.5 Å². The lowest BCUT2D eigenvalue weighted by Crippen LogP contribution is -2.32. The molecule has 0 saturated carbocycles. The summed E-state index contributed by atoms with van der Waals surface area (Å²) in [5.41, 5.74) is 2.32. The molecule has 0 heterocycles. The van der Waals surface area contributed by atoms with Crippen LogP contribution < -0.4 is 10.6 Å². The molecule has 5 heteroatoms. The summed E-state index contributed by atoms with van der Waals surface area (Å²) >= 11 is 0. The van der Waals surface area contributed by atoms with E-state index < -0.39 is 0 Å². The van der Waals surface area contributed by atoms with Gasteiger partial charge >= 0.3 is 0 Å². The minimum atomic E-state index is -0.191. The first kappa shape index (κ1) is 23.9. The summed E-state index contributed by atoms with van der Waals surface area (Å²) < 4.78 is 5.45. The van der Waals surface area contributed by atoms with Gasteiger partial charge in [0, 0.05) is 19.5 Å². The van der Waals surface area contributed by atoms with Crippen molar-refractivity contribution >= 4 is 11.8 Å². The molecule has 0 aliphatic carbocycles. The lowest BCUT2D eigenvalue weighted by atomic mass is 9.96. The molecule has 28 heavy (non-hydrogen) atoms. The Morgan fingerprint density at radius 3 is 2.25 bits per heavy atom. The molecule has 0 bridgehead atoms. The van der Waals surface area contributed by atoms with Crippen molar-refractivity contribution in [3.8, 4) is 0 Å². The molecule has 1 rings (SSSR count). The van der Waals surface area contributed by atoms with Crippen LogP contribution in [0.3, 0.4) is 0 Å². The summed E-state index contributed by atoms with van der Waals surface area (Å²) in [6.45, 7) is 10.1. The lowest BCUT2D eigenvalue weighted by molar-refractivity contribution is -0.122. The molecule has 2 amide bonds. The van der Waals surface area contributed by atoms with E-state index in [2.05, 4.69) is 36.6 Å². The third-order valence-electron chi connectivity index (χ3n) is 4.34. The third-order valence-corrected chi connectivity index (χ3v) is 4.34. The summed E-state index contributed by atoms with van der Waals surface area (Å²) in [4.78, 5) is 23.8. The van der Waals surface area contributed by atoms with Crippen molar-refractivity contribution in [2.75, 3.05) is 26.3 Å². The number of amides is 2. The van der Waals surface area contributed by atoms with Gasteiger partial charge in [-0.15, -0.1) is 0 Å². The van der Waals surface area contributed by atoms with Crippen molar-refractivity contribution in [3.63, 3.8) is 0 Å². The quantitative estimate of drug-likeness (QED) is 0.401.